The quantitative estimate of drug-likeness (QED) is 0.375. The molecule has 0 aliphatic carbocycles. The topological polar surface area (TPSA) is 88.6 Å². The Morgan fingerprint density at radius 3 is 2.36 bits per heavy atom. The molecule has 3 aromatic rings. The molecule has 2 N–H and O–H groups in total. The van der Waals surface area contributed by atoms with Crippen LogP contribution in [0.25, 0.3) is 11.1 Å². The van der Waals surface area contributed by atoms with Gasteiger partial charge in [-0.05, 0) is 30.2 Å². The van der Waals surface area contributed by atoms with Crippen molar-refractivity contribution in [3.05, 3.63) is 73.3 Å². The van der Waals surface area contributed by atoms with E-state index >= 15 is 0 Å². The van der Waals surface area contributed by atoms with Crippen LogP contribution in [-0.4, -0.2) is 34.4 Å². The van der Waals surface area contributed by atoms with Crippen LogP contribution in [0.15, 0.2) is 73.3 Å². The summed E-state index contributed by atoms with van der Waals surface area (Å²) in [7, 11) is 0. The fourth-order valence-electron chi connectivity index (χ4n) is 3.60. The van der Waals surface area contributed by atoms with Crippen molar-refractivity contribution >= 4 is 17.7 Å². The number of ether oxygens (including phenoxy) is 3. The van der Waals surface area contributed by atoms with Gasteiger partial charge in [-0.25, -0.2) is 9.78 Å². The Balaban J connectivity index is 1.92. The average Bonchev–Trinajstić information content (AvgIpc) is 3.34. The predicted molar refractivity (Wildman–Crippen MR) is 128 cm³/mol. The smallest absolute Gasteiger partial charge is 0.406 e. The monoisotopic (exact) mass is 471 g/mol. The Morgan fingerprint density at radius 2 is 1.79 bits per heavy atom. The Kier molecular flexibility index (Phi) is 8.36. The minimum atomic E-state index is -0.990. The number of hydrogen-bond donors (Lipinski definition) is 1. The van der Waals surface area contributed by atoms with Crippen molar-refractivity contribution in [3.63, 3.8) is 0 Å². The fourth-order valence-corrected chi connectivity index (χ4v) is 3.85. The lowest BCUT2D eigenvalue weighted by atomic mass is 9.78. The molecule has 0 spiro atoms. The first-order chi connectivity index (χ1) is 15.8. The summed E-state index contributed by atoms with van der Waals surface area (Å²) in [5.41, 5.74) is 5.69. The average molecular weight is 472 g/mol. The summed E-state index contributed by atoms with van der Waals surface area (Å²) in [6.45, 7) is 6.53. The molecule has 0 saturated heterocycles. The maximum atomic E-state index is 11.4. The third kappa shape index (κ3) is 6.27. The van der Waals surface area contributed by atoms with Crippen LogP contribution in [0.1, 0.15) is 27.0 Å². The molecule has 1 amide bonds. The van der Waals surface area contributed by atoms with E-state index in [2.05, 4.69) is 17.1 Å². The van der Waals surface area contributed by atoms with Crippen LogP contribution < -0.4 is 10.5 Å². The molecule has 2 aromatic carbocycles. The van der Waals surface area contributed by atoms with Crippen LogP contribution in [0.5, 0.6) is 5.75 Å². The zero-order valence-corrected chi connectivity index (χ0v) is 19.8. The summed E-state index contributed by atoms with van der Waals surface area (Å²) >= 11 is 6.48. The number of primary amides is 1. The van der Waals surface area contributed by atoms with Crippen LogP contribution in [0.2, 0.25) is 0 Å². The minimum Gasteiger partial charge on any atom is -0.470 e. The van der Waals surface area contributed by atoms with Gasteiger partial charge in [-0.2, -0.15) is 0 Å². The molecule has 8 heteroatoms. The molecule has 0 bridgehead atoms. The van der Waals surface area contributed by atoms with Gasteiger partial charge >= 0.3 is 6.09 Å². The van der Waals surface area contributed by atoms with E-state index in [0.717, 1.165) is 11.1 Å². The zero-order valence-electron chi connectivity index (χ0n) is 19.1. The first-order valence-corrected chi connectivity index (χ1v) is 11.2. The summed E-state index contributed by atoms with van der Waals surface area (Å²) in [5.74, 6) is 0.356. The molecular weight excluding hydrogens is 442 g/mol. The second-order valence-corrected chi connectivity index (χ2v) is 8.65. The van der Waals surface area contributed by atoms with Gasteiger partial charge in [-0.1, -0.05) is 67.9 Å². The number of rotatable bonds is 11. The van der Waals surface area contributed by atoms with E-state index in [-0.39, 0.29) is 5.92 Å². The van der Waals surface area contributed by atoms with Gasteiger partial charge in [0.25, 0.3) is 0 Å². The molecule has 7 nitrogen and oxygen atoms in total. The van der Waals surface area contributed by atoms with Gasteiger partial charge < -0.3 is 24.5 Å². The second-order valence-electron chi connectivity index (χ2n) is 8.25. The molecule has 0 saturated carbocycles. The van der Waals surface area contributed by atoms with Crippen molar-refractivity contribution in [2.75, 3.05) is 13.2 Å². The highest BCUT2D eigenvalue weighted by Crippen LogP contribution is 2.42. The maximum absolute atomic E-state index is 11.4. The largest absolute Gasteiger partial charge is 0.470 e. The maximum Gasteiger partial charge on any atom is 0.406 e. The van der Waals surface area contributed by atoms with E-state index in [9.17, 15) is 4.79 Å². The molecule has 1 aromatic heterocycles. The summed E-state index contributed by atoms with van der Waals surface area (Å²) in [6.07, 6.45) is 3.70. The SMILES string of the molecule is CCOCC(C(Oc1ccc(-c2ccccc2)cc1)n1ccnc1)C(C)(C)C(Cl)OC(N)=O. The van der Waals surface area contributed by atoms with E-state index in [1.165, 1.54) is 0 Å². The van der Waals surface area contributed by atoms with Gasteiger partial charge in [0.2, 0.25) is 0 Å². The Morgan fingerprint density at radius 1 is 1.12 bits per heavy atom. The lowest BCUT2D eigenvalue weighted by molar-refractivity contribution is -0.0760. The van der Waals surface area contributed by atoms with Crippen LogP contribution in [0.3, 0.4) is 0 Å². The van der Waals surface area contributed by atoms with Gasteiger partial charge in [0.05, 0.1) is 12.9 Å². The van der Waals surface area contributed by atoms with Gasteiger partial charge in [-0.15, -0.1) is 0 Å². The molecule has 0 fully saturated rings. The zero-order chi connectivity index (χ0) is 23.8. The minimum absolute atomic E-state index is 0.317. The Labute approximate surface area is 199 Å². The molecule has 3 unspecified atom stereocenters. The highest BCUT2D eigenvalue weighted by Gasteiger charge is 2.45. The molecule has 1 heterocycles. The lowest BCUT2D eigenvalue weighted by Gasteiger charge is -2.41. The highest BCUT2D eigenvalue weighted by molar-refractivity contribution is 6.20. The summed E-state index contributed by atoms with van der Waals surface area (Å²) in [6, 6.07) is 18.0. The number of halogens is 1. The van der Waals surface area contributed by atoms with Gasteiger partial charge in [0.15, 0.2) is 11.8 Å². The predicted octanol–water partition coefficient (Wildman–Crippen LogP) is 5.47. The second kappa shape index (κ2) is 11.2. The number of hydrogen-bond acceptors (Lipinski definition) is 5. The van der Waals surface area contributed by atoms with E-state index < -0.39 is 23.3 Å². The number of imidazole rings is 1. The van der Waals surface area contributed by atoms with Crippen molar-refractivity contribution < 1.29 is 19.0 Å². The molecule has 3 atom stereocenters. The van der Waals surface area contributed by atoms with E-state index in [0.29, 0.717) is 19.0 Å². The summed E-state index contributed by atoms with van der Waals surface area (Å²) in [4.78, 5) is 15.5. The van der Waals surface area contributed by atoms with Crippen molar-refractivity contribution in [2.45, 2.75) is 32.6 Å². The summed E-state index contributed by atoms with van der Waals surface area (Å²) in [5, 5.41) is 0. The summed E-state index contributed by atoms with van der Waals surface area (Å²) < 4.78 is 19.2. The molecule has 0 radical (unpaired) electrons. The standard InChI is InChI=1S/C25H30ClN3O4/c1-4-31-16-21(25(2,3)23(26)33-24(27)30)22(29-15-14-28-17-29)32-20-12-10-19(11-13-20)18-8-6-5-7-9-18/h5-15,17,21-23H,4,16H2,1-3H3,(H2,27,30). The third-order valence-electron chi connectivity index (χ3n) is 5.64. The van der Waals surface area contributed by atoms with Gasteiger partial charge in [0, 0.05) is 30.3 Å². The number of carbonyl (C=O) groups excluding carboxylic acids is 1. The van der Waals surface area contributed by atoms with Crippen molar-refractivity contribution in [3.8, 4) is 16.9 Å². The molecular formula is C25H30ClN3O4. The number of nitrogens with zero attached hydrogens (tertiary/aromatic N) is 2. The van der Waals surface area contributed by atoms with Crippen LogP contribution in [0, 0.1) is 11.3 Å². The number of benzene rings is 2. The fraction of sp³-hybridized carbons (Fsp3) is 0.360. The number of aromatic nitrogens is 2. The third-order valence-corrected chi connectivity index (χ3v) is 6.29. The Bertz CT molecular complexity index is 994. The molecule has 3 rings (SSSR count). The highest BCUT2D eigenvalue weighted by atomic mass is 35.5. The van der Waals surface area contributed by atoms with Crippen molar-refractivity contribution in [2.24, 2.45) is 17.1 Å². The van der Waals surface area contributed by atoms with E-state index in [4.69, 9.17) is 31.5 Å². The number of nitrogens with two attached hydrogens (primary N) is 1. The first kappa shape index (κ1) is 24.6. The van der Waals surface area contributed by atoms with Crippen LogP contribution in [-0.2, 0) is 9.47 Å². The number of carbonyl (C=O) groups is 1. The van der Waals surface area contributed by atoms with Gasteiger partial charge in [0.1, 0.15) is 5.75 Å². The van der Waals surface area contributed by atoms with Gasteiger partial charge in [-0.3, -0.25) is 0 Å². The van der Waals surface area contributed by atoms with Crippen LogP contribution >= 0.6 is 11.6 Å². The number of amides is 1. The molecule has 176 valence electrons. The Hall–Kier alpha value is -3.03. The lowest BCUT2D eigenvalue weighted by Crippen LogP contribution is -2.45. The molecule has 0 aliphatic heterocycles. The van der Waals surface area contributed by atoms with E-state index in [1.54, 1.807) is 12.5 Å². The molecule has 0 aliphatic rings. The van der Waals surface area contributed by atoms with E-state index in [1.807, 2.05) is 74.0 Å². The van der Waals surface area contributed by atoms with Crippen molar-refractivity contribution in [1.82, 2.24) is 9.55 Å². The molecule has 33 heavy (non-hydrogen) atoms. The number of alkyl halides is 1. The van der Waals surface area contributed by atoms with Crippen LogP contribution in [0.4, 0.5) is 4.79 Å². The normalized spacial score (nSPS) is 14.3. The first-order valence-electron chi connectivity index (χ1n) is 10.8. The van der Waals surface area contributed by atoms with Crippen molar-refractivity contribution in [1.29, 1.82) is 0 Å².